The molecule has 3 rings (SSSR count). The second-order valence-electron chi connectivity index (χ2n) is 6.08. The van der Waals surface area contributed by atoms with E-state index in [1.807, 2.05) is 0 Å². The van der Waals surface area contributed by atoms with Crippen LogP contribution in [0.2, 0.25) is 0 Å². The number of hydrogen-bond donors (Lipinski definition) is 1. The van der Waals surface area contributed by atoms with Crippen molar-refractivity contribution >= 4 is 17.2 Å². The van der Waals surface area contributed by atoms with Gasteiger partial charge in [-0.2, -0.15) is 4.98 Å². The number of nitrogens with zero attached hydrogens (tertiary/aromatic N) is 4. The van der Waals surface area contributed by atoms with Gasteiger partial charge in [0.15, 0.2) is 5.82 Å². The van der Waals surface area contributed by atoms with Crippen LogP contribution in [0.4, 0.5) is 0 Å². The molecule has 0 saturated carbocycles. The molecule has 1 unspecified atom stereocenters. The van der Waals surface area contributed by atoms with Crippen LogP contribution < -0.4 is 5.32 Å². The fourth-order valence-electron chi connectivity index (χ4n) is 2.85. The summed E-state index contributed by atoms with van der Waals surface area (Å²) in [5.74, 6) is 0.829. The lowest BCUT2D eigenvalue weighted by atomic mass is 10.1. The van der Waals surface area contributed by atoms with E-state index in [2.05, 4.69) is 49.8 Å². The Morgan fingerprint density at radius 2 is 2.21 bits per heavy atom. The van der Waals surface area contributed by atoms with Gasteiger partial charge < -0.3 is 14.7 Å². The molecule has 1 aliphatic heterocycles. The Morgan fingerprint density at radius 3 is 2.83 bits per heavy atom. The highest BCUT2D eigenvalue weighted by Crippen LogP contribution is 2.25. The molecule has 0 spiro atoms. The Labute approximate surface area is 145 Å². The average molecular weight is 349 g/mol. The fraction of sp³-hybridized carbons (Fsp3) is 0.562. The molecular formula is C16H23N5O2S. The van der Waals surface area contributed by atoms with E-state index in [1.165, 1.54) is 4.88 Å². The lowest BCUT2D eigenvalue weighted by Gasteiger charge is -2.37. The number of carbonyl (C=O) groups is 1. The molecule has 8 heteroatoms. The van der Waals surface area contributed by atoms with Gasteiger partial charge in [-0.15, -0.1) is 11.3 Å². The minimum atomic E-state index is -0.0773. The molecule has 1 fully saturated rings. The van der Waals surface area contributed by atoms with Gasteiger partial charge >= 0.3 is 0 Å². The molecule has 0 aromatic carbocycles. The van der Waals surface area contributed by atoms with Gasteiger partial charge in [-0.3, -0.25) is 9.69 Å². The van der Waals surface area contributed by atoms with Crippen molar-refractivity contribution in [3.63, 3.8) is 0 Å². The van der Waals surface area contributed by atoms with Crippen molar-refractivity contribution in [3.05, 3.63) is 34.1 Å². The molecule has 0 aliphatic carbocycles. The molecule has 1 aliphatic rings. The van der Waals surface area contributed by atoms with Crippen molar-refractivity contribution in [1.29, 1.82) is 0 Å². The molecule has 24 heavy (non-hydrogen) atoms. The number of nitrogens with one attached hydrogen (secondary N) is 1. The number of aromatic nitrogens is 2. The van der Waals surface area contributed by atoms with E-state index in [0.717, 1.165) is 26.2 Å². The van der Waals surface area contributed by atoms with Crippen molar-refractivity contribution in [2.24, 2.45) is 0 Å². The third kappa shape index (κ3) is 4.40. The lowest BCUT2D eigenvalue weighted by molar-refractivity contribution is -0.120. The van der Waals surface area contributed by atoms with Gasteiger partial charge in [0, 0.05) is 44.5 Å². The summed E-state index contributed by atoms with van der Waals surface area (Å²) in [6.45, 7) is 6.45. The number of likely N-dealkylation sites (N-methyl/N-ethyl adjacent to an activating group) is 1. The summed E-state index contributed by atoms with van der Waals surface area (Å²) in [5, 5.41) is 8.88. The van der Waals surface area contributed by atoms with Gasteiger partial charge in [-0.1, -0.05) is 11.2 Å². The van der Waals surface area contributed by atoms with Crippen LogP contribution in [0.15, 0.2) is 22.0 Å². The van der Waals surface area contributed by atoms with E-state index in [0.29, 0.717) is 18.3 Å². The number of hydrogen-bond acceptors (Lipinski definition) is 7. The Balaban J connectivity index is 1.58. The summed E-state index contributed by atoms with van der Waals surface area (Å²) in [6.07, 6.45) is 0.150. The van der Waals surface area contributed by atoms with Crippen LogP contribution in [-0.2, 0) is 11.2 Å². The Kier molecular flexibility index (Phi) is 5.60. The molecule has 1 atom stereocenters. The van der Waals surface area contributed by atoms with Crippen LogP contribution in [0.3, 0.4) is 0 Å². The molecular weight excluding hydrogens is 326 g/mol. The van der Waals surface area contributed by atoms with Gasteiger partial charge in [-0.05, 0) is 18.5 Å². The first-order valence-corrected chi connectivity index (χ1v) is 9.01. The van der Waals surface area contributed by atoms with Crippen LogP contribution in [-0.4, -0.2) is 65.6 Å². The second-order valence-corrected chi connectivity index (χ2v) is 7.06. The summed E-state index contributed by atoms with van der Waals surface area (Å²) in [4.78, 5) is 22.3. The summed E-state index contributed by atoms with van der Waals surface area (Å²) < 4.78 is 4.90. The lowest BCUT2D eigenvalue weighted by Crippen LogP contribution is -2.48. The van der Waals surface area contributed by atoms with E-state index in [9.17, 15) is 4.79 Å². The number of piperazine rings is 1. The van der Waals surface area contributed by atoms with Crippen molar-refractivity contribution in [1.82, 2.24) is 25.3 Å². The zero-order valence-corrected chi connectivity index (χ0v) is 14.9. The number of rotatable bonds is 6. The van der Waals surface area contributed by atoms with Crippen LogP contribution in [0.5, 0.6) is 0 Å². The number of amides is 1. The molecule has 1 N–H and O–H groups in total. The smallest absolute Gasteiger partial charge is 0.227 e. The van der Waals surface area contributed by atoms with E-state index in [-0.39, 0.29) is 18.4 Å². The van der Waals surface area contributed by atoms with Crippen LogP contribution >= 0.6 is 11.3 Å². The predicted molar refractivity (Wildman–Crippen MR) is 91.9 cm³/mol. The van der Waals surface area contributed by atoms with Crippen LogP contribution in [0.25, 0.3) is 0 Å². The maximum absolute atomic E-state index is 12.2. The normalized spacial score (nSPS) is 17.8. The predicted octanol–water partition coefficient (Wildman–Crippen LogP) is 1.09. The maximum atomic E-state index is 12.2. The summed E-state index contributed by atoms with van der Waals surface area (Å²) in [5.41, 5.74) is 0. The first kappa shape index (κ1) is 17.1. The van der Waals surface area contributed by atoms with Gasteiger partial charge in [0.2, 0.25) is 11.8 Å². The van der Waals surface area contributed by atoms with Gasteiger partial charge in [-0.25, -0.2) is 0 Å². The van der Waals surface area contributed by atoms with E-state index >= 15 is 0 Å². The molecule has 3 heterocycles. The van der Waals surface area contributed by atoms with Gasteiger partial charge in [0.25, 0.3) is 0 Å². The standard InChI is InChI=1S/C16H23N5O2S/c1-12-18-15(19-23-12)10-16(22)17-11-13(14-4-3-9-24-14)21-7-5-20(2)6-8-21/h3-4,9,13H,5-8,10-11H2,1-2H3,(H,17,22). The number of carbonyl (C=O) groups excluding carboxylic acids is 1. The number of aryl methyl sites for hydroxylation is 1. The third-order valence-corrected chi connectivity index (χ3v) is 5.20. The summed E-state index contributed by atoms with van der Waals surface area (Å²) in [6, 6.07) is 4.42. The highest BCUT2D eigenvalue weighted by atomic mass is 32.1. The summed E-state index contributed by atoms with van der Waals surface area (Å²) in [7, 11) is 2.15. The monoisotopic (exact) mass is 349 g/mol. The second kappa shape index (κ2) is 7.87. The van der Waals surface area contributed by atoms with Crippen molar-refractivity contribution in [2.45, 2.75) is 19.4 Å². The molecule has 1 amide bonds. The van der Waals surface area contributed by atoms with E-state index in [1.54, 1.807) is 18.3 Å². The molecule has 2 aromatic heterocycles. The van der Waals surface area contributed by atoms with Crippen LogP contribution in [0, 0.1) is 6.92 Å². The largest absolute Gasteiger partial charge is 0.354 e. The first-order chi connectivity index (χ1) is 11.6. The topological polar surface area (TPSA) is 74.5 Å². The first-order valence-electron chi connectivity index (χ1n) is 8.13. The zero-order chi connectivity index (χ0) is 16.9. The molecule has 0 bridgehead atoms. The third-order valence-electron chi connectivity index (χ3n) is 4.23. The Hall–Kier alpha value is -1.77. The zero-order valence-electron chi connectivity index (χ0n) is 14.1. The van der Waals surface area contributed by atoms with Crippen molar-refractivity contribution < 1.29 is 9.32 Å². The average Bonchev–Trinajstić information content (AvgIpc) is 3.21. The minimum Gasteiger partial charge on any atom is -0.354 e. The van der Waals surface area contributed by atoms with Gasteiger partial charge in [0.1, 0.15) is 0 Å². The van der Waals surface area contributed by atoms with Crippen molar-refractivity contribution in [3.8, 4) is 0 Å². The molecule has 130 valence electrons. The molecule has 0 radical (unpaired) electrons. The Bertz CT molecular complexity index is 649. The summed E-state index contributed by atoms with van der Waals surface area (Å²) >= 11 is 1.74. The quantitative estimate of drug-likeness (QED) is 0.841. The highest BCUT2D eigenvalue weighted by Gasteiger charge is 2.25. The van der Waals surface area contributed by atoms with E-state index in [4.69, 9.17) is 4.52 Å². The van der Waals surface area contributed by atoms with Gasteiger partial charge in [0.05, 0.1) is 12.5 Å². The minimum absolute atomic E-state index is 0.0773. The fourth-order valence-corrected chi connectivity index (χ4v) is 3.71. The Morgan fingerprint density at radius 1 is 1.42 bits per heavy atom. The number of thiophene rings is 1. The molecule has 2 aromatic rings. The SMILES string of the molecule is Cc1nc(CC(=O)NCC(c2cccs2)N2CCN(C)CC2)no1. The van der Waals surface area contributed by atoms with Crippen molar-refractivity contribution in [2.75, 3.05) is 39.8 Å². The van der Waals surface area contributed by atoms with E-state index < -0.39 is 0 Å². The molecule has 7 nitrogen and oxygen atoms in total. The maximum Gasteiger partial charge on any atom is 0.227 e. The molecule has 1 saturated heterocycles. The highest BCUT2D eigenvalue weighted by molar-refractivity contribution is 7.10. The van der Waals surface area contributed by atoms with Crippen LogP contribution in [0.1, 0.15) is 22.6 Å².